The van der Waals surface area contributed by atoms with E-state index >= 15 is 0 Å². The van der Waals surface area contributed by atoms with Crippen LogP contribution in [-0.4, -0.2) is 23.0 Å². The van der Waals surface area contributed by atoms with E-state index in [0.717, 1.165) is 44.4 Å². The fraction of sp³-hybridized carbons (Fsp3) is 0.0667. The van der Waals surface area contributed by atoms with Crippen molar-refractivity contribution in [3.63, 3.8) is 0 Å². The number of hydrogen-bond donors (Lipinski definition) is 0. The first-order valence-corrected chi connectivity index (χ1v) is 13.0. The number of pyridine rings is 2. The standard InChI is InChI=1S/C30H21N3O2S.Pt/c1-20-13-16-29(32-21(20)2)33-27-11-4-3-10-25(27)26-15-14-23(19-28(26)33)22-8-7-9-24(18-22)36(34,35)30-12-5-6-17-31-30;/h3-17H,1-2H3;/q-2;+2. The van der Waals surface area contributed by atoms with Gasteiger partial charge >= 0.3 is 21.1 Å². The number of rotatable bonds is 4. The number of sulfone groups is 1. The average Bonchev–Trinajstić information content (AvgIpc) is 3.24. The summed E-state index contributed by atoms with van der Waals surface area (Å²) in [7, 11) is -3.79. The zero-order chi connectivity index (χ0) is 24.9. The molecule has 6 rings (SSSR count). The SMILES string of the molecule is Cc1ccc(-n2c3[c-]c(-c4[c-]c(S(=O)(=O)c5ccccn5)ccc4)ccc3c3ccccc32)nc1C.[Pt+2]. The zero-order valence-corrected chi connectivity index (χ0v) is 23.1. The minimum absolute atomic E-state index is 0. The Morgan fingerprint density at radius 2 is 1.54 bits per heavy atom. The Morgan fingerprint density at radius 3 is 2.32 bits per heavy atom. The molecular formula is C30H21N3O2PtS. The Kier molecular flexibility index (Phi) is 6.57. The molecule has 0 radical (unpaired) electrons. The third-order valence-corrected chi connectivity index (χ3v) is 8.02. The van der Waals surface area contributed by atoms with E-state index in [-0.39, 0.29) is 31.0 Å². The first-order valence-electron chi connectivity index (χ1n) is 11.5. The molecular weight excluding hydrogens is 661 g/mol. The number of nitrogens with zero attached hydrogens (tertiary/aromatic N) is 3. The maximum absolute atomic E-state index is 13.1. The van der Waals surface area contributed by atoms with Crippen LogP contribution in [0.1, 0.15) is 11.3 Å². The maximum Gasteiger partial charge on any atom is 2.00 e. The van der Waals surface area contributed by atoms with Crippen molar-refractivity contribution in [3.8, 4) is 16.9 Å². The van der Waals surface area contributed by atoms with E-state index in [4.69, 9.17) is 4.98 Å². The second-order valence-electron chi connectivity index (χ2n) is 8.66. The van der Waals surface area contributed by atoms with Crippen LogP contribution in [0.3, 0.4) is 0 Å². The summed E-state index contributed by atoms with van der Waals surface area (Å²) < 4.78 is 28.4. The number of para-hydroxylation sites is 1. The topological polar surface area (TPSA) is 64.8 Å². The van der Waals surface area contributed by atoms with Crippen molar-refractivity contribution in [2.45, 2.75) is 23.8 Å². The summed E-state index contributed by atoms with van der Waals surface area (Å²) in [6.45, 7) is 4.05. The molecule has 6 aromatic rings. The van der Waals surface area contributed by atoms with Gasteiger partial charge in [-0.25, -0.2) is 29.5 Å². The Balaban J connectivity index is 0.00000280. The van der Waals surface area contributed by atoms with Crippen molar-refractivity contribution in [2.75, 3.05) is 0 Å². The summed E-state index contributed by atoms with van der Waals surface area (Å²) in [5.74, 6) is 0.813. The van der Waals surface area contributed by atoms with Crippen molar-refractivity contribution >= 4 is 31.6 Å². The summed E-state index contributed by atoms with van der Waals surface area (Å²) in [6.07, 6.45) is 1.47. The van der Waals surface area contributed by atoms with Gasteiger partial charge in [-0.3, -0.25) is 0 Å². The molecule has 0 N–H and O–H groups in total. The maximum atomic E-state index is 13.1. The molecule has 3 aromatic heterocycles. The predicted octanol–water partition coefficient (Wildman–Crippen LogP) is 6.29. The second kappa shape index (κ2) is 9.69. The number of aromatic nitrogens is 3. The molecule has 0 unspecified atom stereocenters. The summed E-state index contributed by atoms with van der Waals surface area (Å²) in [5.41, 5.74) is 5.38. The van der Waals surface area contributed by atoms with Gasteiger partial charge in [0.05, 0.1) is 0 Å². The molecule has 0 saturated heterocycles. The minimum Gasteiger partial charge on any atom is -0.314 e. The van der Waals surface area contributed by atoms with Gasteiger partial charge in [0.2, 0.25) is 9.84 Å². The van der Waals surface area contributed by atoms with Gasteiger partial charge in [0, 0.05) is 17.4 Å². The van der Waals surface area contributed by atoms with Crippen molar-refractivity contribution in [2.24, 2.45) is 0 Å². The first-order chi connectivity index (χ1) is 17.4. The van der Waals surface area contributed by atoms with Crippen LogP contribution in [0.2, 0.25) is 0 Å². The summed E-state index contributed by atoms with van der Waals surface area (Å²) >= 11 is 0. The Labute approximate surface area is 230 Å². The van der Waals surface area contributed by atoms with Gasteiger partial charge in [0.15, 0.2) is 5.03 Å². The quantitative estimate of drug-likeness (QED) is 0.205. The van der Waals surface area contributed by atoms with Crippen LogP contribution in [0.25, 0.3) is 38.8 Å². The molecule has 0 bridgehead atoms. The van der Waals surface area contributed by atoms with E-state index < -0.39 is 9.84 Å². The van der Waals surface area contributed by atoms with Crippen LogP contribution in [-0.2, 0) is 30.9 Å². The molecule has 0 atom stereocenters. The Hall–Kier alpha value is -3.60. The molecule has 184 valence electrons. The molecule has 0 saturated carbocycles. The van der Waals surface area contributed by atoms with E-state index in [1.54, 1.807) is 24.3 Å². The number of benzene rings is 3. The molecule has 3 heterocycles. The molecule has 0 aliphatic heterocycles. The van der Waals surface area contributed by atoms with Crippen LogP contribution in [0.15, 0.2) is 101 Å². The van der Waals surface area contributed by atoms with E-state index in [2.05, 4.69) is 45.9 Å². The summed E-state index contributed by atoms with van der Waals surface area (Å²) in [5, 5.41) is 2.15. The van der Waals surface area contributed by atoms with Gasteiger partial charge in [0.25, 0.3) is 0 Å². The molecule has 0 spiro atoms. The van der Waals surface area contributed by atoms with Gasteiger partial charge in [-0.15, -0.1) is 12.1 Å². The van der Waals surface area contributed by atoms with E-state index in [0.29, 0.717) is 5.56 Å². The predicted molar refractivity (Wildman–Crippen MR) is 141 cm³/mol. The summed E-state index contributed by atoms with van der Waals surface area (Å²) in [6, 6.07) is 32.9. The first kappa shape index (κ1) is 25.1. The van der Waals surface area contributed by atoms with Gasteiger partial charge < -0.3 is 4.57 Å². The smallest absolute Gasteiger partial charge is 0.314 e. The summed E-state index contributed by atoms with van der Waals surface area (Å²) in [4.78, 5) is 8.95. The molecule has 0 fully saturated rings. The number of hydrogen-bond acceptors (Lipinski definition) is 4. The van der Waals surface area contributed by atoms with E-state index in [1.165, 1.54) is 12.3 Å². The Morgan fingerprint density at radius 1 is 0.757 bits per heavy atom. The minimum atomic E-state index is -3.79. The van der Waals surface area contributed by atoms with Gasteiger partial charge in [-0.2, -0.15) is 30.3 Å². The van der Waals surface area contributed by atoms with Crippen molar-refractivity contribution in [1.82, 2.24) is 14.5 Å². The zero-order valence-electron chi connectivity index (χ0n) is 20.0. The third kappa shape index (κ3) is 4.30. The molecule has 5 nitrogen and oxygen atoms in total. The van der Waals surface area contributed by atoms with Crippen LogP contribution < -0.4 is 0 Å². The van der Waals surface area contributed by atoms with Crippen molar-refractivity contribution < 1.29 is 29.5 Å². The fourth-order valence-electron chi connectivity index (χ4n) is 4.41. The van der Waals surface area contributed by atoms with E-state index in [9.17, 15) is 8.42 Å². The molecule has 0 aliphatic rings. The van der Waals surface area contributed by atoms with Crippen LogP contribution in [0, 0.1) is 26.0 Å². The molecule has 37 heavy (non-hydrogen) atoms. The van der Waals surface area contributed by atoms with E-state index in [1.807, 2.05) is 44.2 Å². The van der Waals surface area contributed by atoms with Gasteiger partial charge in [0.1, 0.15) is 5.82 Å². The monoisotopic (exact) mass is 682 g/mol. The molecule has 3 aromatic carbocycles. The average molecular weight is 683 g/mol. The van der Waals surface area contributed by atoms with Crippen LogP contribution in [0.5, 0.6) is 0 Å². The fourth-order valence-corrected chi connectivity index (χ4v) is 5.59. The molecule has 0 aliphatic carbocycles. The molecule has 0 amide bonds. The normalized spacial score (nSPS) is 11.5. The largest absolute Gasteiger partial charge is 2.00 e. The number of fused-ring (bicyclic) bond motifs is 3. The molecule has 7 heteroatoms. The third-order valence-electron chi connectivity index (χ3n) is 6.41. The second-order valence-corrected chi connectivity index (χ2v) is 10.5. The Bertz CT molecular complexity index is 1880. The van der Waals surface area contributed by atoms with Crippen molar-refractivity contribution in [1.29, 1.82) is 0 Å². The van der Waals surface area contributed by atoms with Gasteiger partial charge in [-0.1, -0.05) is 35.7 Å². The van der Waals surface area contributed by atoms with Crippen LogP contribution in [0.4, 0.5) is 0 Å². The van der Waals surface area contributed by atoms with Crippen molar-refractivity contribution in [3.05, 3.63) is 115 Å². The van der Waals surface area contributed by atoms with Gasteiger partial charge in [-0.05, 0) is 59.5 Å². The van der Waals surface area contributed by atoms with Crippen LogP contribution >= 0.6 is 0 Å². The number of aryl methyl sites for hydroxylation is 2.